The molecule has 0 aliphatic rings. The van der Waals surface area contributed by atoms with Gasteiger partial charge in [-0.15, -0.1) is 12.6 Å². The molecule has 0 saturated carbocycles. The van der Waals surface area contributed by atoms with Crippen LogP contribution in [0.5, 0.6) is 0 Å². The number of thiol groups is 1. The Morgan fingerprint density at radius 3 is 2.50 bits per heavy atom. The first-order valence-electron chi connectivity index (χ1n) is 1.92. The average Bonchev–Trinajstić information content (AvgIpc) is 2.17. The number of hydrogen-bond acceptors (Lipinski definition) is 2. The standard InChI is InChI=1S/C3H4N2.CH2S2/c1-2-5-3-4-1;2-1-3/h1-3H,(H,4,5);1H,(H,2,3). The summed E-state index contributed by atoms with van der Waals surface area (Å²) in [6, 6.07) is 0. The van der Waals surface area contributed by atoms with Crippen LogP contribution in [0.4, 0.5) is 0 Å². The number of H-pyrrole nitrogens is 1. The van der Waals surface area contributed by atoms with E-state index < -0.39 is 0 Å². The van der Waals surface area contributed by atoms with Crippen LogP contribution in [0.15, 0.2) is 18.7 Å². The maximum Gasteiger partial charge on any atom is 0.0919 e. The largest absolute Gasteiger partial charge is 0.351 e. The molecule has 1 N–H and O–H groups in total. The third-order valence-electron chi connectivity index (χ3n) is 0.406. The van der Waals surface area contributed by atoms with Crippen molar-refractivity contribution in [2.24, 2.45) is 0 Å². The molecular weight excluding hydrogens is 140 g/mol. The van der Waals surface area contributed by atoms with Crippen LogP contribution >= 0.6 is 24.8 Å². The lowest BCUT2D eigenvalue weighted by atomic mass is 11.0. The van der Waals surface area contributed by atoms with Crippen molar-refractivity contribution in [3.8, 4) is 0 Å². The molecule has 4 heteroatoms. The number of rotatable bonds is 0. The van der Waals surface area contributed by atoms with Crippen LogP contribution in [0.1, 0.15) is 0 Å². The zero-order chi connectivity index (χ0) is 6.24. The van der Waals surface area contributed by atoms with Gasteiger partial charge in [-0.2, -0.15) is 0 Å². The second-order valence-corrected chi connectivity index (χ2v) is 1.71. The van der Waals surface area contributed by atoms with Gasteiger partial charge in [0.05, 0.1) is 6.33 Å². The highest BCUT2D eigenvalue weighted by Gasteiger charge is 1.56. The van der Waals surface area contributed by atoms with E-state index >= 15 is 0 Å². The molecule has 0 spiro atoms. The van der Waals surface area contributed by atoms with Gasteiger partial charge in [0.1, 0.15) is 0 Å². The molecule has 1 aromatic rings. The molecule has 2 nitrogen and oxygen atoms in total. The van der Waals surface area contributed by atoms with Gasteiger partial charge in [0, 0.05) is 17.1 Å². The first-order valence-corrected chi connectivity index (χ1v) is 2.91. The second-order valence-electron chi connectivity index (χ2n) is 0.866. The van der Waals surface area contributed by atoms with E-state index in [1.165, 1.54) is 4.70 Å². The summed E-state index contributed by atoms with van der Waals surface area (Å²) in [7, 11) is 0. The van der Waals surface area contributed by atoms with E-state index in [0.29, 0.717) is 0 Å². The Balaban J connectivity index is 0.000000145. The Morgan fingerprint density at radius 2 is 2.38 bits per heavy atom. The maximum atomic E-state index is 4.13. The number of nitrogens with one attached hydrogen (secondary N) is 1. The van der Waals surface area contributed by atoms with Crippen molar-refractivity contribution in [3.63, 3.8) is 0 Å². The van der Waals surface area contributed by atoms with Gasteiger partial charge < -0.3 is 4.98 Å². The summed E-state index contributed by atoms with van der Waals surface area (Å²) >= 11 is 7.61. The van der Waals surface area contributed by atoms with Crippen molar-refractivity contribution in [3.05, 3.63) is 18.7 Å². The molecule has 0 atom stereocenters. The van der Waals surface area contributed by atoms with Gasteiger partial charge in [0.15, 0.2) is 0 Å². The number of thiocarbonyl (C=S) groups is 1. The number of aromatic nitrogens is 2. The monoisotopic (exact) mass is 146 g/mol. The van der Waals surface area contributed by atoms with E-state index in [1.807, 2.05) is 0 Å². The molecule has 0 amide bonds. The zero-order valence-electron chi connectivity index (χ0n) is 4.11. The highest BCUT2D eigenvalue weighted by Crippen LogP contribution is 1.62. The van der Waals surface area contributed by atoms with Gasteiger partial charge in [-0.05, 0) is 0 Å². The molecule has 0 aliphatic carbocycles. The molecule has 0 bridgehead atoms. The minimum Gasteiger partial charge on any atom is -0.351 e. The summed E-state index contributed by atoms with van der Waals surface area (Å²) in [5.41, 5.74) is 0. The highest BCUT2D eigenvalue weighted by atomic mass is 32.1. The summed E-state index contributed by atoms with van der Waals surface area (Å²) < 4.78 is 1.28. The second kappa shape index (κ2) is 6.65. The number of nitrogens with zero attached hydrogens (tertiary/aromatic N) is 1. The molecule has 0 aliphatic heterocycles. The minimum absolute atomic E-state index is 1.28. The van der Waals surface area contributed by atoms with E-state index in [0.717, 1.165) is 0 Å². The van der Waals surface area contributed by atoms with Gasteiger partial charge in [0.2, 0.25) is 0 Å². The fourth-order valence-corrected chi connectivity index (χ4v) is 0.215. The molecule has 0 aromatic carbocycles. The van der Waals surface area contributed by atoms with Crippen molar-refractivity contribution < 1.29 is 0 Å². The van der Waals surface area contributed by atoms with E-state index in [-0.39, 0.29) is 0 Å². The van der Waals surface area contributed by atoms with Crippen LogP contribution in [0.3, 0.4) is 0 Å². The Labute approximate surface area is 58.7 Å². The van der Waals surface area contributed by atoms with E-state index in [9.17, 15) is 0 Å². The van der Waals surface area contributed by atoms with Gasteiger partial charge >= 0.3 is 0 Å². The predicted molar refractivity (Wildman–Crippen MR) is 41.2 cm³/mol. The van der Waals surface area contributed by atoms with Crippen LogP contribution in [0.2, 0.25) is 0 Å². The molecule has 1 heterocycles. The van der Waals surface area contributed by atoms with Gasteiger partial charge in [-0.25, -0.2) is 4.98 Å². The number of imidazole rings is 1. The number of aromatic amines is 1. The molecule has 44 valence electrons. The van der Waals surface area contributed by atoms with Crippen molar-refractivity contribution in [1.82, 2.24) is 9.97 Å². The summed E-state index contributed by atoms with van der Waals surface area (Å²) in [6.45, 7) is 0. The normalized spacial score (nSPS) is 6.62. The zero-order valence-corrected chi connectivity index (χ0v) is 5.82. The molecule has 0 unspecified atom stereocenters. The third-order valence-corrected chi connectivity index (χ3v) is 0.406. The first kappa shape index (κ1) is 7.65. The van der Waals surface area contributed by atoms with Crippen molar-refractivity contribution in [2.45, 2.75) is 0 Å². The van der Waals surface area contributed by atoms with Gasteiger partial charge in [-0.3, -0.25) is 0 Å². The smallest absolute Gasteiger partial charge is 0.0919 e. The van der Waals surface area contributed by atoms with Gasteiger partial charge in [0.25, 0.3) is 0 Å². The summed E-state index contributed by atoms with van der Waals surface area (Å²) in [5.74, 6) is 0. The Bertz CT molecular complexity index is 98.4. The Hall–Kier alpha value is -0.350. The SMILES string of the molecule is S=CS.c1c[nH]cn1. The average molecular weight is 146 g/mol. The Morgan fingerprint density at radius 1 is 1.75 bits per heavy atom. The van der Waals surface area contributed by atoms with Gasteiger partial charge in [-0.1, -0.05) is 12.2 Å². The van der Waals surface area contributed by atoms with Crippen LogP contribution in [-0.4, -0.2) is 14.7 Å². The summed E-state index contributed by atoms with van der Waals surface area (Å²) in [6.07, 6.45) is 5.08. The van der Waals surface area contributed by atoms with Crippen molar-refractivity contribution in [2.75, 3.05) is 0 Å². The lowest BCUT2D eigenvalue weighted by Gasteiger charge is -1.46. The van der Waals surface area contributed by atoms with Crippen molar-refractivity contribution in [1.29, 1.82) is 0 Å². The fourth-order valence-electron chi connectivity index (χ4n) is 0.215. The summed E-state index contributed by atoms with van der Waals surface area (Å²) in [5, 5.41) is 0. The van der Waals surface area contributed by atoms with E-state index in [4.69, 9.17) is 0 Å². The van der Waals surface area contributed by atoms with Crippen LogP contribution in [-0.2, 0) is 0 Å². The van der Waals surface area contributed by atoms with Crippen LogP contribution in [0, 0.1) is 0 Å². The molecule has 0 saturated heterocycles. The minimum atomic E-state index is 1.28. The third kappa shape index (κ3) is 5.65. The molecule has 0 fully saturated rings. The van der Waals surface area contributed by atoms with Crippen LogP contribution in [0.25, 0.3) is 0 Å². The fraction of sp³-hybridized carbons (Fsp3) is 0. The number of hydrogen-bond donors (Lipinski definition) is 2. The quantitative estimate of drug-likeness (QED) is 0.426. The first-order chi connectivity index (χ1) is 3.91. The summed E-state index contributed by atoms with van der Waals surface area (Å²) in [4.78, 5) is 6.42. The lowest BCUT2D eigenvalue weighted by Crippen LogP contribution is -1.44. The molecule has 0 radical (unpaired) electrons. The molecule has 8 heavy (non-hydrogen) atoms. The van der Waals surface area contributed by atoms with Crippen molar-refractivity contribution >= 4 is 29.5 Å². The molecule has 1 aromatic heterocycles. The van der Waals surface area contributed by atoms with Crippen LogP contribution < -0.4 is 0 Å². The Kier molecular flexibility index (Phi) is 6.36. The molecular formula is C4H6N2S2. The topological polar surface area (TPSA) is 28.7 Å². The predicted octanol–water partition coefficient (Wildman–Crippen LogP) is 1.28. The van der Waals surface area contributed by atoms with E-state index in [1.54, 1.807) is 18.7 Å². The maximum absolute atomic E-state index is 4.13. The van der Waals surface area contributed by atoms with E-state index in [2.05, 4.69) is 34.8 Å². The lowest BCUT2D eigenvalue weighted by molar-refractivity contribution is 1.31. The molecule has 1 rings (SSSR count). The highest BCUT2D eigenvalue weighted by molar-refractivity contribution is 8.08.